The van der Waals surface area contributed by atoms with E-state index in [0.29, 0.717) is 0 Å². The first-order valence-electron chi connectivity index (χ1n) is 12.5. The maximum Gasteiger partial charge on any atom is 0.245 e. The molecule has 1 aliphatic carbocycles. The first kappa shape index (κ1) is 27.9. The highest BCUT2D eigenvalue weighted by Gasteiger charge is 2.35. The standard InChI is InChI=1S/C25H35N3O6S3/c1-4-26-16-8-9-21-17-20(14-15-25(21)26)19-27(22-10-5-6-11-22)37(33,34)24-13-7-12-23(18-24)28(35(2,29)30)36(3,31)32/h7,12-15,17-18,22H,4-6,8-11,16,19H2,1-3H3. The van der Waals surface area contributed by atoms with E-state index in [0.717, 1.165) is 75.8 Å². The summed E-state index contributed by atoms with van der Waals surface area (Å²) >= 11 is 0. The van der Waals surface area contributed by atoms with Crippen LogP contribution in [0.3, 0.4) is 0 Å². The molecule has 37 heavy (non-hydrogen) atoms. The molecule has 0 bridgehead atoms. The van der Waals surface area contributed by atoms with Crippen LogP contribution < -0.4 is 8.61 Å². The molecule has 12 heteroatoms. The molecule has 0 radical (unpaired) electrons. The van der Waals surface area contributed by atoms with Crippen molar-refractivity contribution in [2.45, 2.75) is 62.9 Å². The zero-order valence-corrected chi connectivity index (χ0v) is 23.9. The Kier molecular flexibility index (Phi) is 7.95. The summed E-state index contributed by atoms with van der Waals surface area (Å²) in [5, 5.41) is 0. The number of sulfonamides is 3. The number of rotatable bonds is 9. The van der Waals surface area contributed by atoms with Crippen LogP contribution in [-0.4, -0.2) is 61.2 Å². The van der Waals surface area contributed by atoms with Gasteiger partial charge in [0.1, 0.15) is 0 Å². The smallest absolute Gasteiger partial charge is 0.245 e. The van der Waals surface area contributed by atoms with Gasteiger partial charge in [0, 0.05) is 31.4 Å². The molecule has 1 fully saturated rings. The van der Waals surface area contributed by atoms with Crippen molar-refractivity contribution in [3.63, 3.8) is 0 Å². The number of benzene rings is 2. The minimum atomic E-state index is -4.21. The Hall–Kier alpha value is -2.15. The van der Waals surface area contributed by atoms with Crippen LogP contribution in [0.15, 0.2) is 47.4 Å². The molecule has 0 saturated heterocycles. The summed E-state index contributed by atoms with van der Waals surface area (Å²) in [5.41, 5.74) is 3.08. The molecule has 0 N–H and O–H groups in total. The zero-order chi connectivity index (χ0) is 27.0. The molecule has 1 saturated carbocycles. The van der Waals surface area contributed by atoms with Gasteiger partial charge in [0.2, 0.25) is 30.1 Å². The van der Waals surface area contributed by atoms with Gasteiger partial charge in [-0.1, -0.05) is 31.0 Å². The lowest BCUT2D eigenvalue weighted by molar-refractivity contribution is 0.316. The van der Waals surface area contributed by atoms with E-state index in [1.54, 1.807) is 0 Å². The minimum absolute atomic E-state index is 0.135. The van der Waals surface area contributed by atoms with Crippen LogP contribution in [0.25, 0.3) is 0 Å². The molecular formula is C25H35N3O6S3. The van der Waals surface area contributed by atoms with Crippen LogP contribution in [0.4, 0.5) is 11.4 Å². The Morgan fingerprint density at radius 2 is 1.57 bits per heavy atom. The normalized spacial score (nSPS) is 17.2. The zero-order valence-electron chi connectivity index (χ0n) is 21.5. The molecule has 0 unspecified atom stereocenters. The van der Waals surface area contributed by atoms with Crippen LogP contribution >= 0.6 is 0 Å². The summed E-state index contributed by atoms with van der Waals surface area (Å²) in [6.07, 6.45) is 6.90. The number of hydrogen-bond donors (Lipinski definition) is 0. The molecule has 204 valence electrons. The van der Waals surface area contributed by atoms with Crippen LogP contribution in [-0.2, 0) is 43.0 Å². The monoisotopic (exact) mass is 569 g/mol. The molecule has 0 spiro atoms. The molecule has 0 amide bonds. The molecule has 2 aliphatic rings. The van der Waals surface area contributed by atoms with E-state index in [4.69, 9.17) is 0 Å². The fraction of sp³-hybridized carbons (Fsp3) is 0.520. The number of nitrogens with zero attached hydrogens (tertiary/aromatic N) is 3. The fourth-order valence-corrected chi connectivity index (χ4v) is 10.1. The van der Waals surface area contributed by atoms with Gasteiger partial charge in [0.05, 0.1) is 23.1 Å². The van der Waals surface area contributed by atoms with Crippen molar-refractivity contribution < 1.29 is 25.3 Å². The summed E-state index contributed by atoms with van der Waals surface area (Å²) in [6, 6.07) is 11.1. The highest BCUT2D eigenvalue weighted by atomic mass is 32.3. The Balaban J connectivity index is 1.73. The first-order valence-corrected chi connectivity index (χ1v) is 17.6. The lowest BCUT2D eigenvalue weighted by Crippen LogP contribution is -2.39. The van der Waals surface area contributed by atoms with E-state index in [1.807, 2.05) is 6.07 Å². The van der Waals surface area contributed by atoms with Crippen molar-refractivity contribution in [2.75, 3.05) is 34.2 Å². The average molecular weight is 570 g/mol. The Morgan fingerprint density at radius 1 is 0.892 bits per heavy atom. The van der Waals surface area contributed by atoms with Crippen molar-refractivity contribution >= 4 is 41.4 Å². The summed E-state index contributed by atoms with van der Waals surface area (Å²) in [7, 11) is -12.5. The Bertz CT molecular complexity index is 1430. The third-order valence-corrected chi connectivity index (χ3v) is 12.2. The molecule has 4 rings (SSSR count). The number of aryl methyl sites for hydroxylation is 1. The van der Waals surface area contributed by atoms with Gasteiger partial charge in [0.15, 0.2) is 0 Å². The van der Waals surface area contributed by atoms with Crippen molar-refractivity contribution in [3.8, 4) is 0 Å². The Morgan fingerprint density at radius 3 is 2.19 bits per heavy atom. The van der Waals surface area contributed by atoms with Gasteiger partial charge in [0.25, 0.3) is 0 Å². The average Bonchev–Trinajstić information content (AvgIpc) is 3.34. The second-order valence-corrected chi connectivity index (χ2v) is 15.6. The van der Waals surface area contributed by atoms with E-state index >= 15 is 0 Å². The van der Waals surface area contributed by atoms with Gasteiger partial charge >= 0.3 is 0 Å². The highest BCUT2D eigenvalue weighted by Crippen LogP contribution is 2.34. The van der Waals surface area contributed by atoms with E-state index < -0.39 is 30.1 Å². The molecule has 2 aromatic rings. The molecule has 0 aromatic heterocycles. The molecule has 9 nitrogen and oxygen atoms in total. The maximum absolute atomic E-state index is 14.0. The SMILES string of the molecule is CCN1CCCc2cc(CN(C3CCCC3)S(=O)(=O)c3cccc(N(S(C)(=O)=O)S(C)(=O)=O)c3)ccc21. The number of hydrogen-bond acceptors (Lipinski definition) is 7. The predicted octanol–water partition coefficient (Wildman–Crippen LogP) is 3.32. The minimum Gasteiger partial charge on any atom is -0.372 e. The van der Waals surface area contributed by atoms with E-state index in [1.165, 1.54) is 33.8 Å². The third kappa shape index (κ3) is 5.97. The van der Waals surface area contributed by atoms with E-state index in [9.17, 15) is 25.3 Å². The van der Waals surface area contributed by atoms with Crippen molar-refractivity contribution in [2.24, 2.45) is 0 Å². The predicted molar refractivity (Wildman–Crippen MR) is 146 cm³/mol. The molecule has 1 heterocycles. The number of anilines is 2. The van der Waals surface area contributed by atoms with Gasteiger partial charge in [-0.25, -0.2) is 25.3 Å². The molecule has 2 aromatic carbocycles. The van der Waals surface area contributed by atoms with Crippen LogP contribution in [0, 0.1) is 0 Å². The maximum atomic E-state index is 14.0. The van der Waals surface area contributed by atoms with Crippen molar-refractivity contribution in [1.29, 1.82) is 0 Å². The van der Waals surface area contributed by atoms with Gasteiger partial charge in [-0.2, -0.15) is 8.02 Å². The van der Waals surface area contributed by atoms with Gasteiger partial charge < -0.3 is 4.90 Å². The molecular weight excluding hydrogens is 534 g/mol. The van der Waals surface area contributed by atoms with Crippen LogP contribution in [0.2, 0.25) is 0 Å². The lowest BCUT2D eigenvalue weighted by Gasteiger charge is -2.32. The largest absolute Gasteiger partial charge is 0.372 e. The summed E-state index contributed by atoms with van der Waals surface area (Å²) in [4.78, 5) is 2.19. The van der Waals surface area contributed by atoms with Gasteiger partial charge in [-0.15, -0.1) is 0 Å². The van der Waals surface area contributed by atoms with E-state index in [-0.39, 0.29) is 26.9 Å². The second kappa shape index (κ2) is 10.5. The van der Waals surface area contributed by atoms with Crippen LogP contribution in [0.5, 0.6) is 0 Å². The molecule has 0 atom stereocenters. The quantitative estimate of drug-likeness (QED) is 0.455. The summed E-state index contributed by atoms with van der Waals surface area (Å²) < 4.78 is 78.8. The van der Waals surface area contributed by atoms with Crippen molar-refractivity contribution in [1.82, 2.24) is 4.31 Å². The van der Waals surface area contributed by atoms with Crippen molar-refractivity contribution in [3.05, 3.63) is 53.6 Å². The third-order valence-electron chi connectivity index (χ3n) is 7.05. The fourth-order valence-electron chi connectivity index (χ4n) is 5.46. The number of fused-ring (bicyclic) bond motifs is 1. The molecule has 1 aliphatic heterocycles. The van der Waals surface area contributed by atoms with E-state index in [2.05, 4.69) is 24.0 Å². The van der Waals surface area contributed by atoms with Gasteiger partial charge in [-0.3, -0.25) is 0 Å². The Labute approximate surface area is 221 Å². The van der Waals surface area contributed by atoms with Crippen LogP contribution in [0.1, 0.15) is 50.2 Å². The van der Waals surface area contributed by atoms with Gasteiger partial charge in [-0.05, 0) is 68.0 Å². The topological polar surface area (TPSA) is 112 Å². The first-order chi connectivity index (χ1) is 17.3. The second-order valence-electron chi connectivity index (χ2n) is 9.86. The lowest BCUT2D eigenvalue weighted by atomic mass is 9.99. The summed E-state index contributed by atoms with van der Waals surface area (Å²) in [6.45, 7) is 4.25. The highest BCUT2D eigenvalue weighted by molar-refractivity contribution is 8.09. The summed E-state index contributed by atoms with van der Waals surface area (Å²) in [5.74, 6) is 0.